The minimum absolute atomic E-state index is 0.0277. The Kier molecular flexibility index (Phi) is 4.34. The summed E-state index contributed by atoms with van der Waals surface area (Å²) in [6.45, 7) is 0. The van der Waals surface area contributed by atoms with E-state index in [1.807, 2.05) is 48.6 Å². The molecule has 0 atom stereocenters. The van der Waals surface area contributed by atoms with E-state index in [0.717, 1.165) is 5.56 Å². The van der Waals surface area contributed by atoms with Crippen LogP contribution in [0.25, 0.3) is 0 Å². The first-order valence-electron chi connectivity index (χ1n) is 6.67. The third-order valence-corrected chi connectivity index (χ3v) is 3.53. The zero-order valence-corrected chi connectivity index (χ0v) is 11.4. The van der Waals surface area contributed by atoms with Gasteiger partial charge in [-0.2, -0.15) is 5.26 Å². The van der Waals surface area contributed by atoms with Crippen LogP contribution < -0.4 is 0 Å². The minimum Gasteiger partial charge on any atom is -0.481 e. The number of nitriles is 1. The van der Waals surface area contributed by atoms with Crippen LogP contribution >= 0.6 is 0 Å². The van der Waals surface area contributed by atoms with Crippen molar-refractivity contribution in [2.75, 3.05) is 0 Å². The lowest BCUT2D eigenvalue weighted by atomic mass is 9.77. The van der Waals surface area contributed by atoms with Crippen LogP contribution in [0.2, 0.25) is 0 Å². The highest BCUT2D eigenvalue weighted by Gasteiger charge is 2.35. The van der Waals surface area contributed by atoms with Gasteiger partial charge >= 0.3 is 5.97 Å². The van der Waals surface area contributed by atoms with Crippen molar-refractivity contribution < 1.29 is 14.7 Å². The van der Waals surface area contributed by atoms with Crippen LogP contribution in [-0.4, -0.2) is 16.9 Å². The number of carbonyl (C=O) groups excluding carboxylic acids is 1. The average Bonchev–Trinajstić information content (AvgIpc) is 2.53. The Labute approximate surface area is 123 Å². The van der Waals surface area contributed by atoms with Crippen molar-refractivity contribution in [2.24, 2.45) is 5.41 Å². The number of benzene rings is 1. The summed E-state index contributed by atoms with van der Waals surface area (Å²) in [7, 11) is 0. The molecule has 0 spiro atoms. The number of carboxylic acids is 1. The fourth-order valence-corrected chi connectivity index (χ4v) is 2.28. The van der Waals surface area contributed by atoms with Gasteiger partial charge in [0.25, 0.3) is 0 Å². The highest BCUT2D eigenvalue weighted by Crippen LogP contribution is 2.33. The lowest BCUT2D eigenvalue weighted by Gasteiger charge is -2.23. The Morgan fingerprint density at radius 3 is 2.29 bits per heavy atom. The summed E-state index contributed by atoms with van der Waals surface area (Å²) in [5, 5.41) is 18.0. The van der Waals surface area contributed by atoms with Crippen LogP contribution in [-0.2, 0) is 9.59 Å². The fourth-order valence-electron chi connectivity index (χ4n) is 2.28. The summed E-state index contributed by atoms with van der Waals surface area (Å²) >= 11 is 0. The molecule has 0 saturated heterocycles. The van der Waals surface area contributed by atoms with Crippen LogP contribution in [0, 0.1) is 16.7 Å². The zero-order valence-electron chi connectivity index (χ0n) is 11.4. The third-order valence-electron chi connectivity index (χ3n) is 3.53. The number of aliphatic carboxylic acids is 1. The Bertz CT molecular complexity index is 624. The van der Waals surface area contributed by atoms with Crippen LogP contribution in [0.3, 0.4) is 0 Å². The SMILES string of the molecule is N#CC1(C(=O)CCC(=O)O)C=CC(c2ccccc2)C=C1. The normalized spacial score (nSPS) is 23.5. The summed E-state index contributed by atoms with van der Waals surface area (Å²) in [4.78, 5) is 22.7. The number of ketones is 1. The number of hydrogen-bond acceptors (Lipinski definition) is 3. The number of carbonyl (C=O) groups is 2. The molecule has 1 aliphatic carbocycles. The van der Waals surface area contributed by atoms with Gasteiger partial charge in [-0.25, -0.2) is 0 Å². The number of hydrogen-bond donors (Lipinski definition) is 1. The van der Waals surface area contributed by atoms with Gasteiger partial charge in [-0.05, 0) is 5.56 Å². The van der Waals surface area contributed by atoms with E-state index in [4.69, 9.17) is 5.11 Å². The number of Topliss-reactive ketones (excluding diaryl/α,β-unsaturated/α-hetero) is 1. The van der Waals surface area contributed by atoms with Gasteiger partial charge in [0, 0.05) is 12.3 Å². The summed E-state index contributed by atoms with van der Waals surface area (Å²) in [5.41, 5.74) is -0.254. The molecule has 0 heterocycles. The monoisotopic (exact) mass is 281 g/mol. The molecule has 1 aromatic rings. The topological polar surface area (TPSA) is 78.2 Å². The van der Waals surface area contributed by atoms with Crippen LogP contribution in [0.15, 0.2) is 54.6 Å². The minimum atomic E-state index is -1.33. The van der Waals surface area contributed by atoms with Crippen molar-refractivity contribution in [3.05, 3.63) is 60.2 Å². The molecule has 4 heteroatoms. The molecule has 0 saturated carbocycles. The molecule has 0 aliphatic heterocycles. The predicted octanol–water partition coefficient (Wildman–Crippen LogP) is 2.84. The molecule has 0 aromatic heterocycles. The van der Waals surface area contributed by atoms with E-state index < -0.39 is 11.4 Å². The molecular weight excluding hydrogens is 266 g/mol. The van der Waals surface area contributed by atoms with Crippen molar-refractivity contribution in [3.63, 3.8) is 0 Å². The molecule has 0 unspecified atom stereocenters. The summed E-state index contributed by atoms with van der Waals surface area (Å²) in [6, 6.07) is 11.7. The van der Waals surface area contributed by atoms with E-state index in [1.165, 1.54) is 0 Å². The van der Waals surface area contributed by atoms with Gasteiger partial charge in [-0.1, -0.05) is 54.6 Å². The van der Waals surface area contributed by atoms with Gasteiger partial charge in [0.2, 0.25) is 0 Å². The number of allylic oxidation sites excluding steroid dienone is 4. The van der Waals surface area contributed by atoms with E-state index in [-0.39, 0.29) is 24.5 Å². The Hall–Kier alpha value is -2.67. The molecule has 2 rings (SSSR count). The molecule has 1 aliphatic rings. The highest BCUT2D eigenvalue weighted by molar-refractivity contribution is 5.93. The van der Waals surface area contributed by atoms with E-state index in [2.05, 4.69) is 0 Å². The number of rotatable bonds is 5. The fraction of sp³-hybridized carbons (Fsp3) is 0.235. The molecule has 0 bridgehead atoms. The smallest absolute Gasteiger partial charge is 0.303 e. The van der Waals surface area contributed by atoms with Gasteiger partial charge in [0.15, 0.2) is 11.2 Å². The summed E-state index contributed by atoms with van der Waals surface area (Å²) in [5.74, 6) is -1.39. The van der Waals surface area contributed by atoms with Crippen molar-refractivity contribution in [1.82, 2.24) is 0 Å². The maximum absolute atomic E-state index is 12.1. The molecule has 106 valence electrons. The summed E-state index contributed by atoms with van der Waals surface area (Å²) < 4.78 is 0. The molecule has 0 amide bonds. The largest absolute Gasteiger partial charge is 0.481 e. The second-order valence-corrected chi connectivity index (χ2v) is 4.95. The Balaban J connectivity index is 2.15. The van der Waals surface area contributed by atoms with Gasteiger partial charge < -0.3 is 5.11 Å². The van der Waals surface area contributed by atoms with Gasteiger partial charge in [-0.3, -0.25) is 9.59 Å². The van der Waals surface area contributed by atoms with Crippen LogP contribution in [0.4, 0.5) is 0 Å². The van der Waals surface area contributed by atoms with Crippen LogP contribution in [0.1, 0.15) is 24.3 Å². The number of carboxylic acid groups (broad SMARTS) is 1. The van der Waals surface area contributed by atoms with Gasteiger partial charge in [-0.15, -0.1) is 0 Å². The lowest BCUT2D eigenvalue weighted by Crippen LogP contribution is -2.27. The molecule has 1 aromatic carbocycles. The van der Waals surface area contributed by atoms with Gasteiger partial charge in [0.05, 0.1) is 12.5 Å². The Morgan fingerprint density at radius 2 is 1.76 bits per heavy atom. The van der Waals surface area contributed by atoms with Crippen molar-refractivity contribution in [3.8, 4) is 6.07 Å². The standard InChI is InChI=1S/C17H15NO3/c18-12-17(15(19)6-7-16(20)21)10-8-14(9-11-17)13-4-2-1-3-5-13/h1-5,8-11,14H,6-7H2,(H,20,21). The molecular formula is C17H15NO3. The molecule has 21 heavy (non-hydrogen) atoms. The maximum Gasteiger partial charge on any atom is 0.303 e. The maximum atomic E-state index is 12.1. The predicted molar refractivity (Wildman–Crippen MR) is 77.4 cm³/mol. The quantitative estimate of drug-likeness (QED) is 0.842. The van der Waals surface area contributed by atoms with Crippen LogP contribution in [0.5, 0.6) is 0 Å². The first kappa shape index (κ1) is 14.7. The third kappa shape index (κ3) is 3.26. The van der Waals surface area contributed by atoms with Crippen molar-refractivity contribution in [2.45, 2.75) is 18.8 Å². The first-order valence-corrected chi connectivity index (χ1v) is 6.67. The van der Waals surface area contributed by atoms with E-state index >= 15 is 0 Å². The van der Waals surface area contributed by atoms with E-state index in [9.17, 15) is 14.9 Å². The van der Waals surface area contributed by atoms with E-state index in [0.29, 0.717) is 0 Å². The molecule has 0 fully saturated rings. The molecule has 4 nitrogen and oxygen atoms in total. The molecule has 0 radical (unpaired) electrons. The molecule has 1 N–H and O–H groups in total. The van der Waals surface area contributed by atoms with E-state index in [1.54, 1.807) is 12.2 Å². The average molecular weight is 281 g/mol. The number of nitrogens with zero attached hydrogens (tertiary/aromatic N) is 1. The van der Waals surface area contributed by atoms with Crippen molar-refractivity contribution in [1.29, 1.82) is 5.26 Å². The second kappa shape index (κ2) is 6.19. The first-order chi connectivity index (χ1) is 10.1. The lowest BCUT2D eigenvalue weighted by molar-refractivity contribution is -0.139. The second-order valence-electron chi connectivity index (χ2n) is 4.95. The van der Waals surface area contributed by atoms with Gasteiger partial charge in [0.1, 0.15) is 0 Å². The Morgan fingerprint density at radius 1 is 1.14 bits per heavy atom. The zero-order chi connectivity index (χ0) is 15.3. The summed E-state index contributed by atoms with van der Waals surface area (Å²) in [6.07, 6.45) is 6.39. The van der Waals surface area contributed by atoms with Crippen molar-refractivity contribution >= 4 is 11.8 Å². The highest BCUT2D eigenvalue weighted by atomic mass is 16.4.